The summed E-state index contributed by atoms with van der Waals surface area (Å²) >= 11 is 0. The number of methoxy groups -OCH3 is 1. The summed E-state index contributed by atoms with van der Waals surface area (Å²) in [6.07, 6.45) is 5.89. The molecule has 0 fully saturated rings. The van der Waals surface area contributed by atoms with E-state index in [2.05, 4.69) is 4.74 Å². The summed E-state index contributed by atoms with van der Waals surface area (Å²) in [5, 5.41) is 0. The number of carbonyl (C=O) groups excluding carboxylic acids is 2. The molecule has 0 bridgehead atoms. The Morgan fingerprint density at radius 3 is 2.25 bits per heavy atom. The van der Waals surface area contributed by atoms with Crippen LogP contribution in [0.25, 0.3) is 0 Å². The Kier molecular flexibility index (Phi) is 7.85. The summed E-state index contributed by atoms with van der Waals surface area (Å²) in [4.78, 5) is 21.8. The first-order valence-electron chi connectivity index (χ1n) is 5.24. The van der Waals surface area contributed by atoms with Crippen LogP contribution in [0.3, 0.4) is 0 Å². The lowest BCUT2D eigenvalue weighted by Crippen LogP contribution is -2.05. The minimum atomic E-state index is -0.572. The van der Waals surface area contributed by atoms with Gasteiger partial charge in [-0.05, 0) is 18.4 Å². The van der Waals surface area contributed by atoms with Crippen molar-refractivity contribution >= 4 is 11.9 Å². The van der Waals surface area contributed by atoms with Crippen LogP contribution >= 0.6 is 0 Å². The fourth-order valence-corrected chi connectivity index (χ4v) is 1.01. The van der Waals surface area contributed by atoms with Crippen molar-refractivity contribution in [2.75, 3.05) is 13.7 Å². The van der Waals surface area contributed by atoms with Crippen LogP contribution in [0.1, 0.15) is 26.7 Å². The van der Waals surface area contributed by atoms with E-state index < -0.39 is 11.9 Å². The van der Waals surface area contributed by atoms with Gasteiger partial charge in [0.15, 0.2) is 0 Å². The van der Waals surface area contributed by atoms with Crippen LogP contribution in [-0.4, -0.2) is 25.7 Å². The van der Waals surface area contributed by atoms with Gasteiger partial charge in [0, 0.05) is 12.2 Å². The first-order valence-corrected chi connectivity index (χ1v) is 5.24. The molecule has 0 aromatic heterocycles. The highest BCUT2D eigenvalue weighted by atomic mass is 16.5. The Hall–Kier alpha value is -1.58. The van der Waals surface area contributed by atoms with Crippen molar-refractivity contribution in [2.24, 2.45) is 0 Å². The van der Waals surface area contributed by atoms with Crippen LogP contribution in [0.4, 0.5) is 0 Å². The van der Waals surface area contributed by atoms with E-state index in [4.69, 9.17) is 4.74 Å². The molecule has 0 saturated carbocycles. The topological polar surface area (TPSA) is 52.6 Å². The zero-order chi connectivity index (χ0) is 12.4. The van der Waals surface area contributed by atoms with Crippen molar-refractivity contribution in [1.82, 2.24) is 0 Å². The molecule has 0 atom stereocenters. The fraction of sp³-hybridized carbons (Fsp3) is 0.500. The molecule has 90 valence electrons. The van der Waals surface area contributed by atoms with Crippen LogP contribution in [0.5, 0.6) is 0 Å². The van der Waals surface area contributed by atoms with E-state index in [1.807, 2.05) is 19.9 Å². The molecule has 0 saturated heterocycles. The monoisotopic (exact) mass is 226 g/mol. The lowest BCUT2D eigenvalue weighted by Gasteiger charge is -2.04. The van der Waals surface area contributed by atoms with Gasteiger partial charge in [-0.3, -0.25) is 0 Å². The van der Waals surface area contributed by atoms with Crippen molar-refractivity contribution in [3.63, 3.8) is 0 Å². The van der Waals surface area contributed by atoms with E-state index in [-0.39, 0.29) is 6.61 Å². The third-order valence-electron chi connectivity index (χ3n) is 1.90. The fourth-order valence-electron chi connectivity index (χ4n) is 1.01. The number of rotatable bonds is 6. The van der Waals surface area contributed by atoms with Crippen molar-refractivity contribution in [2.45, 2.75) is 26.7 Å². The van der Waals surface area contributed by atoms with E-state index >= 15 is 0 Å². The molecular weight excluding hydrogens is 208 g/mol. The highest BCUT2D eigenvalue weighted by Gasteiger charge is 2.01. The van der Waals surface area contributed by atoms with Crippen LogP contribution in [0.15, 0.2) is 23.8 Å². The summed E-state index contributed by atoms with van der Waals surface area (Å²) in [6.45, 7) is 4.29. The van der Waals surface area contributed by atoms with E-state index in [9.17, 15) is 9.59 Å². The van der Waals surface area contributed by atoms with Gasteiger partial charge < -0.3 is 9.47 Å². The zero-order valence-electron chi connectivity index (χ0n) is 9.99. The number of hydrogen-bond acceptors (Lipinski definition) is 4. The van der Waals surface area contributed by atoms with Gasteiger partial charge in [0.05, 0.1) is 7.11 Å². The molecule has 4 nitrogen and oxygen atoms in total. The molecule has 0 spiro atoms. The third-order valence-corrected chi connectivity index (χ3v) is 1.90. The first-order chi connectivity index (χ1) is 7.63. The lowest BCUT2D eigenvalue weighted by molar-refractivity contribution is -0.138. The van der Waals surface area contributed by atoms with Crippen LogP contribution < -0.4 is 0 Å². The van der Waals surface area contributed by atoms with Crippen molar-refractivity contribution in [3.05, 3.63) is 23.8 Å². The molecule has 0 aliphatic heterocycles. The van der Waals surface area contributed by atoms with Crippen molar-refractivity contribution < 1.29 is 19.1 Å². The molecule has 0 aliphatic carbocycles. The number of allylic oxidation sites excluding steroid dienone is 1. The highest BCUT2D eigenvalue weighted by molar-refractivity contribution is 5.91. The number of carbonyl (C=O) groups is 2. The molecule has 0 aromatic carbocycles. The van der Waals surface area contributed by atoms with Gasteiger partial charge in [-0.2, -0.15) is 0 Å². The third kappa shape index (κ3) is 6.81. The predicted molar refractivity (Wildman–Crippen MR) is 60.8 cm³/mol. The SMILES string of the molecule is CC/C=C(\CC)COC(=O)/C=C/C(=O)OC. The molecule has 0 radical (unpaired) electrons. The van der Waals surface area contributed by atoms with Crippen molar-refractivity contribution in [3.8, 4) is 0 Å². The van der Waals surface area contributed by atoms with Gasteiger partial charge in [-0.15, -0.1) is 0 Å². The number of hydrogen-bond donors (Lipinski definition) is 0. The van der Waals surface area contributed by atoms with E-state index in [0.29, 0.717) is 0 Å². The van der Waals surface area contributed by atoms with Crippen molar-refractivity contribution in [1.29, 1.82) is 0 Å². The second-order valence-corrected chi connectivity index (χ2v) is 3.09. The highest BCUT2D eigenvalue weighted by Crippen LogP contribution is 2.03. The normalized spacial score (nSPS) is 11.6. The predicted octanol–water partition coefficient (Wildman–Crippen LogP) is 2.01. The summed E-state index contributed by atoms with van der Waals surface area (Å²) in [5.74, 6) is -1.11. The Bertz CT molecular complexity index is 289. The maximum absolute atomic E-state index is 11.1. The minimum absolute atomic E-state index is 0.273. The molecule has 16 heavy (non-hydrogen) atoms. The maximum atomic E-state index is 11.1. The van der Waals surface area contributed by atoms with Gasteiger partial charge in [0.25, 0.3) is 0 Å². The van der Waals surface area contributed by atoms with Gasteiger partial charge >= 0.3 is 11.9 Å². The summed E-state index contributed by atoms with van der Waals surface area (Å²) in [7, 11) is 1.25. The van der Waals surface area contributed by atoms with Crippen LogP contribution in [-0.2, 0) is 19.1 Å². The minimum Gasteiger partial charge on any atom is -0.466 e. The van der Waals surface area contributed by atoms with Crippen LogP contribution in [0, 0.1) is 0 Å². The Morgan fingerprint density at radius 2 is 1.75 bits per heavy atom. The van der Waals surface area contributed by atoms with Gasteiger partial charge in [0.1, 0.15) is 6.61 Å². The van der Waals surface area contributed by atoms with Gasteiger partial charge in [-0.1, -0.05) is 19.9 Å². The van der Waals surface area contributed by atoms with E-state index in [0.717, 1.165) is 30.6 Å². The average molecular weight is 226 g/mol. The molecule has 0 heterocycles. The molecule has 0 aromatic rings. The molecule has 0 amide bonds. The first kappa shape index (κ1) is 14.4. The molecule has 0 unspecified atom stereocenters. The van der Waals surface area contributed by atoms with Gasteiger partial charge in [0.2, 0.25) is 0 Å². The lowest BCUT2D eigenvalue weighted by atomic mass is 10.2. The molecule has 4 heteroatoms. The quantitative estimate of drug-likeness (QED) is 0.395. The van der Waals surface area contributed by atoms with E-state index in [1.165, 1.54) is 7.11 Å². The summed E-state index contributed by atoms with van der Waals surface area (Å²) < 4.78 is 9.28. The van der Waals surface area contributed by atoms with E-state index in [1.54, 1.807) is 0 Å². The molecule has 0 rings (SSSR count). The summed E-state index contributed by atoms with van der Waals surface area (Å²) in [6, 6.07) is 0. The van der Waals surface area contributed by atoms with Crippen LogP contribution in [0.2, 0.25) is 0 Å². The summed E-state index contributed by atoms with van der Waals surface area (Å²) in [5.41, 5.74) is 1.07. The maximum Gasteiger partial charge on any atom is 0.331 e. The van der Waals surface area contributed by atoms with Gasteiger partial charge in [-0.25, -0.2) is 9.59 Å². The molecule has 0 N–H and O–H groups in total. The number of esters is 2. The molecule has 0 aliphatic rings. The second-order valence-electron chi connectivity index (χ2n) is 3.09. The standard InChI is InChI=1S/C12H18O4/c1-4-6-10(5-2)9-16-12(14)8-7-11(13)15-3/h6-8H,4-5,9H2,1-3H3/b8-7+,10-6+. The number of ether oxygens (including phenoxy) is 2. The Balaban J connectivity index is 4.02. The molecular formula is C12H18O4. The second kappa shape index (κ2) is 8.71. The average Bonchev–Trinajstić information content (AvgIpc) is 2.31. The zero-order valence-corrected chi connectivity index (χ0v) is 9.99. The smallest absolute Gasteiger partial charge is 0.331 e. The largest absolute Gasteiger partial charge is 0.466 e. The Morgan fingerprint density at radius 1 is 1.12 bits per heavy atom. The Labute approximate surface area is 95.9 Å².